The lowest BCUT2D eigenvalue weighted by atomic mass is 9.81. The largest absolute Gasteiger partial charge is 0.277 e. The number of para-hydroxylation sites is 1. The molecule has 272 valence electrons. The van der Waals surface area contributed by atoms with Gasteiger partial charge in [-0.15, -0.1) is 11.3 Å². The van der Waals surface area contributed by atoms with Crippen molar-refractivity contribution in [1.29, 1.82) is 0 Å². The Labute approximate surface area is 335 Å². The quantitative estimate of drug-likeness (QED) is 0.180. The summed E-state index contributed by atoms with van der Waals surface area (Å²) in [6, 6.07) is 59.8. The number of hydrogen-bond donors (Lipinski definition) is 0. The van der Waals surface area contributed by atoms with Crippen molar-refractivity contribution < 1.29 is 0 Å². The molecular formula is C53H39N3S. The second-order valence-corrected chi connectivity index (χ2v) is 16.4. The average Bonchev–Trinajstić information content (AvgIpc) is 3.88. The van der Waals surface area contributed by atoms with Crippen LogP contribution in [0.15, 0.2) is 164 Å². The molecule has 3 nitrogen and oxygen atoms in total. The third-order valence-corrected chi connectivity index (χ3v) is 13.2. The van der Waals surface area contributed by atoms with Crippen molar-refractivity contribution in [2.24, 2.45) is 0 Å². The zero-order valence-corrected chi connectivity index (χ0v) is 33.2. The fraction of sp³-hybridized carbons (Fsp3) is 0.0943. The van der Waals surface area contributed by atoms with Crippen LogP contribution >= 0.6 is 11.3 Å². The van der Waals surface area contributed by atoms with Crippen LogP contribution in [0.1, 0.15) is 38.8 Å². The van der Waals surface area contributed by atoms with Gasteiger partial charge in [-0.05, 0) is 73.6 Å². The molecule has 11 aromatic rings. The first kappa shape index (κ1) is 33.7. The van der Waals surface area contributed by atoms with Crippen LogP contribution in [0.25, 0.3) is 103 Å². The maximum absolute atomic E-state index is 5.52. The van der Waals surface area contributed by atoms with Gasteiger partial charge in [0.25, 0.3) is 0 Å². The minimum atomic E-state index is -0.151. The Bertz CT molecular complexity index is 3400. The van der Waals surface area contributed by atoms with Crippen LogP contribution in [-0.2, 0) is 5.41 Å². The number of hydrogen-bond acceptors (Lipinski definition) is 3. The summed E-state index contributed by atoms with van der Waals surface area (Å²) in [5.74, 6) is 0.679. The second-order valence-electron chi connectivity index (χ2n) is 15.4. The van der Waals surface area contributed by atoms with Crippen molar-refractivity contribution in [3.05, 3.63) is 175 Å². The van der Waals surface area contributed by atoms with Gasteiger partial charge < -0.3 is 0 Å². The van der Waals surface area contributed by atoms with E-state index in [2.05, 4.69) is 182 Å². The van der Waals surface area contributed by atoms with Gasteiger partial charge in [-0.25, -0.2) is 9.97 Å². The summed E-state index contributed by atoms with van der Waals surface area (Å²) in [7, 11) is 0. The van der Waals surface area contributed by atoms with E-state index in [1.165, 1.54) is 64.8 Å². The van der Waals surface area contributed by atoms with Gasteiger partial charge in [0.1, 0.15) is 0 Å². The van der Waals surface area contributed by atoms with E-state index in [9.17, 15) is 0 Å². The van der Waals surface area contributed by atoms with Gasteiger partial charge in [0.05, 0.1) is 26.9 Å². The molecule has 3 heterocycles. The van der Waals surface area contributed by atoms with Gasteiger partial charge in [-0.1, -0.05) is 167 Å². The maximum atomic E-state index is 5.52. The Balaban J connectivity index is 0.00000184. The molecule has 1 aliphatic carbocycles. The summed E-state index contributed by atoms with van der Waals surface area (Å²) in [6.07, 6.45) is 0. The molecule has 4 heteroatoms. The van der Waals surface area contributed by atoms with Crippen molar-refractivity contribution in [3.8, 4) is 39.5 Å². The molecule has 0 saturated carbocycles. The molecule has 3 aromatic heterocycles. The summed E-state index contributed by atoms with van der Waals surface area (Å²) >= 11 is 1.77. The van der Waals surface area contributed by atoms with E-state index in [0.717, 1.165) is 43.5 Å². The van der Waals surface area contributed by atoms with Crippen LogP contribution < -0.4 is 0 Å². The van der Waals surface area contributed by atoms with Gasteiger partial charge in [-0.3, -0.25) is 4.57 Å². The highest BCUT2D eigenvalue weighted by molar-refractivity contribution is 7.26. The first-order chi connectivity index (χ1) is 28.0. The molecule has 57 heavy (non-hydrogen) atoms. The van der Waals surface area contributed by atoms with Crippen molar-refractivity contribution in [2.75, 3.05) is 0 Å². The summed E-state index contributed by atoms with van der Waals surface area (Å²) in [5.41, 5.74) is 12.9. The van der Waals surface area contributed by atoms with Gasteiger partial charge in [0.2, 0.25) is 5.95 Å². The molecule has 0 amide bonds. The second kappa shape index (κ2) is 12.7. The fourth-order valence-electron chi connectivity index (χ4n) is 9.34. The fourth-order valence-corrected chi connectivity index (χ4v) is 10.5. The molecule has 0 fully saturated rings. The molecule has 0 unspecified atom stereocenters. The standard InChI is InChI=1S/C51H33N3S.C2H6/c1-51(2)41-26-24-30-13-8-9-18-35(30)45(41)38-25-23-34(28-42(38)51)36-20-12-21-37-40-27-32-16-6-7-17-33(32)29-43(40)54(48(36)37)50-52-46(31-14-4-3-5-15-31)49-47(53-50)39-19-10-11-22-44(39)55-49;1-2/h3-29H,1-2H3;1-2H3. The third-order valence-electron chi connectivity index (χ3n) is 12.0. The van der Waals surface area contributed by atoms with E-state index >= 15 is 0 Å². The lowest BCUT2D eigenvalue weighted by Gasteiger charge is -2.22. The van der Waals surface area contributed by atoms with E-state index in [1.54, 1.807) is 11.3 Å². The molecule has 0 atom stereocenters. The molecule has 0 saturated heterocycles. The monoisotopic (exact) mass is 749 g/mol. The van der Waals surface area contributed by atoms with Crippen LogP contribution in [0, 0.1) is 0 Å². The Kier molecular flexibility index (Phi) is 7.51. The molecule has 0 bridgehead atoms. The summed E-state index contributed by atoms with van der Waals surface area (Å²) in [4.78, 5) is 11.0. The lowest BCUT2D eigenvalue weighted by Crippen LogP contribution is -2.15. The van der Waals surface area contributed by atoms with E-state index in [-0.39, 0.29) is 5.41 Å². The molecular weight excluding hydrogens is 711 g/mol. The number of aromatic nitrogens is 3. The Morgan fingerprint density at radius 1 is 0.509 bits per heavy atom. The summed E-state index contributed by atoms with van der Waals surface area (Å²) in [5, 5.41) is 8.53. The van der Waals surface area contributed by atoms with Crippen molar-refractivity contribution in [1.82, 2.24) is 14.5 Å². The van der Waals surface area contributed by atoms with Gasteiger partial charge >= 0.3 is 0 Å². The minimum Gasteiger partial charge on any atom is -0.277 e. The average molecular weight is 750 g/mol. The molecule has 0 N–H and O–H groups in total. The first-order valence-corrected chi connectivity index (χ1v) is 20.7. The molecule has 0 spiro atoms. The van der Waals surface area contributed by atoms with Crippen LogP contribution in [-0.4, -0.2) is 14.5 Å². The lowest BCUT2D eigenvalue weighted by molar-refractivity contribution is 0.661. The highest BCUT2D eigenvalue weighted by Crippen LogP contribution is 2.53. The zero-order chi connectivity index (χ0) is 38.4. The number of rotatable bonds is 3. The van der Waals surface area contributed by atoms with Gasteiger partial charge in [0, 0.05) is 37.4 Å². The third kappa shape index (κ3) is 4.90. The van der Waals surface area contributed by atoms with E-state index < -0.39 is 0 Å². The van der Waals surface area contributed by atoms with Gasteiger partial charge in [-0.2, -0.15) is 0 Å². The first-order valence-electron chi connectivity index (χ1n) is 19.9. The van der Waals surface area contributed by atoms with Crippen LogP contribution in [0.2, 0.25) is 0 Å². The molecule has 8 aromatic carbocycles. The maximum Gasteiger partial charge on any atom is 0.235 e. The normalized spacial score (nSPS) is 13.1. The number of fused-ring (bicyclic) bond motifs is 12. The van der Waals surface area contributed by atoms with Crippen molar-refractivity contribution in [3.63, 3.8) is 0 Å². The SMILES string of the molecule is CC.CC1(C)c2cc(-c3cccc4c5cc6ccccc6cc5n(-c5nc(-c6ccccc6)c6sc7ccccc7c6n5)c34)ccc2-c2c1ccc1ccccc21. The molecule has 12 rings (SSSR count). The molecule has 1 aliphatic rings. The van der Waals surface area contributed by atoms with Crippen molar-refractivity contribution >= 4 is 75.0 Å². The Morgan fingerprint density at radius 3 is 2.04 bits per heavy atom. The highest BCUT2D eigenvalue weighted by atomic mass is 32.1. The van der Waals surface area contributed by atoms with E-state index in [0.29, 0.717) is 5.95 Å². The predicted octanol–water partition coefficient (Wildman–Crippen LogP) is 14.9. The summed E-state index contributed by atoms with van der Waals surface area (Å²) in [6.45, 7) is 8.75. The smallest absolute Gasteiger partial charge is 0.235 e. The molecule has 0 aliphatic heterocycles. The zero-order valence-electron chi connectivity index (χ0n) is 32.3. The van der Waals surface area contributed by atoms with Crippen molar-refractivity contribution in [2.45, 2.75) is 33.1 Å². The number of nitrogens with zero attached hydrogens (tertiary/aromatic N) is 3. The Hall–Kier alpha value is -6.62. The number of benzene rings is 8. The topological polar surface area (TPSA) is 30.7 Å². The minimum absolute atomic E-state index is 0.151. The van der Waals surface area contributed by atoms with E-state index in [4.69, 9.17) is 9.97 Å². The van der Waals surface area contributed by atoms with Crippen LogP contribution in [0.5, 0.6) is 0 Å². The molecule has 0 radical (unpaired) electrons. The van der Waals surface area contributed by atoms with Crippen LogP contribution in [0.3, 0.4) is 0 Å². The summed E-state index contributed by atoms with van der Waals surface area (Å²) < 4.78 is 4.66. The number of thiophene rings is 1. The predicted molar refractivity (Wildman–Crippen MR) is 244 cm³/mol. The highest BCUT2D eigenvalue weighted by Gasteiger charge is 2.37. The van der Waals surface area contributed by atoms with E-state index in [1.807, 2.05) is 13.8 Å². The van der Waals surface area contributed by atoms with Crippen LogP contribution in [0.4, 0.5) is 0 Å². The Morgan fingerprint density at radius 2 is 1.21 bits per heavy atom. The van der Waals surface area contributed by atoms with Gasteiger partial charge in [0.15, 0.2) is 0 Å².